The van der Waals surface area contributed by atoms with E-state index in [1.54, 1.807) is 11.3 Å². The molecule has 2 aliphatic rings. The van der Waals surface area contributed by atoms with Gasteiger partial charge in [0.1, 0.15) is 5.70 Å². The smallest absolute Gasteiger partial charge is 0.274 e. The molecule has 1 saturated heterocycles. The van der Waals surface area contributed by atoms with Crippen molar-refractivity contribution in [3.8, 4) is 0 Å². The van der Waals surface area contributed by atoms with Crippen LogP contribution in [0.2, 0.25) is 0 Å². The number of aliphatic imine (C=N–C) groups is 1. The molecule has 5 nitrogen and oxygen atoms in total. The zero-order valence-electron chi connectivity index (χ0n) is 13.6. The maximum Gasteiger partial charge on any atom is 0.274 e. The van der Waals surface area contributed by atoms with Crippen molar-refractivity contribution in [2.45, 2.75) is 45.1 Å². The van der Waals surface area contributed by atoms with Crippen LogP contribution in [0.3, 0.4) is 0 Å². The van der Waals surface area contributed by atoms with Gasteiger partial charge in [-0.15, -0.1) is 11.3 Å². The quantitative estimate of drug-likeness (QED) is 0.824. The number of amides is 1. The molecule has 1 aromatic carbocycles. The van der Waals surface area contributed by atoms with Crippen LogP contribution >= 0.6 is 11.3 Å². The average Bonchev–Trinajstić information content (AvgIpc) is 3.10. The number of carbonyl (C=O) groups excluding carboxylic acids is 1. The highest BCUT2D eigenvalue weighted by Gasteiger charge is 2.23. The van der Waals surface area contributed by atoms with E-state index in [2.05, 4.69) is 26.7 Å². The van der Waals surface area contributed by atoms with E-state index in [-0.39, 0.29) is 5.91 Å². The van der Waals surface area contributed by atoms with Crippen LogP contribution in [0.4, 0.5) is 0 Å². The van der Waals surface area contributed by atoms with Crippen LogP contribution < -0.4 is 10.6 Å². The van der Waals surface area contributed by atoms with Gasteiger partial charge in [0.2, 0.25) is 5.96 Å². The second-order valence-electron chi connectivity index (χ2n) is 6.37. The summed E-state index contributed by atoms with van der Waals surface area (Å²) in [6.07, 6.45) is 7.85. The molecule has 1 amide bonds. The first-order valence-electron chi connectivity index (χ1n) is 8.42. The van der Waals surface area contributed by atoms with E-state index in [1.165, 1.54) is 19.3 Å². The Morgan fingerprint density at radius 3 is 2.92 bits per heavy atom. The third-order valence-electron chi connectivity index (χ3n) is 4.45. The highest BCUT2D eigenvalue weighted by Crippen LogP contribution is 2.24. The number of fused-ring (bicyclic) bond motifs is 1. The topological polar surface area (TPSA) is 66.4 Å². The van der Waals surface area contributed by atoms with Gasteiger partial charge >= 0.3 is 0 Å². The van der Waals surface area contributed by atoms with E-state index in [4.69, 9.17) is 0 Å². The van der Waals surface area contributed by atoms with E-state index >= 15 is 0 Å². The van der Waals surface area contributed by atoms with E-state index < -0.39 is 0 Å². The minimum Gasteiger partial charge on any atom is -0.321 e. The number of benzene rings is 1. The lowest BCUT2D eigenvalue weighted by Crippen LogP contribution is -2.28. The Morgan fingerprint density at radius 1 is 1.25 bits per heavy atom. The van der Waals surface area contributed by atoms with Gasteiger partial charge in [-0.25, -0.2) is 9.98 Å². The number of thiazole rings is 1. The molecule has 2 N–H and O–H groups in total. The monoisotopic (exact) mass is 340 g/mol. The van der Waals surface area contributed by atoms with Gasteiger partial charge in [0.15, 0.2) is 0 Å². The molecule has 6 heteroatoms. The Labute approximate surface area is 144 Å². The van der Waals surface area contributed by atoms with Crippen molar-refractivity contribution in [2.24, 2.45) is 4.99 Å². The number of guanidine groups is 1. The van der Waals surface area contributed by atoms with Crippen LogP contribution in [0, 0.1) is 6.92 Å². The second kappa shape index (κ2) is 6.36. The fourth-order valence-corrected chi connectivity index (χ4v) is 4.14. The number of hydrogen-bond donors (Lipinski definition) is 2. The Balaban J connectivity index is 1.55. The van der Waals surface area contributed by atoms with E-state index in [9.17, 15) is 4.79 Å². The first kappa shape index (κ1) is 15.3. The molecule has 0 bridgehead atoms. The number of carbonyl (C=O) groups is 1. The van der Waals surface area contributed by atoms with Crippen LogP contribution in [0.5, 0.6) is 0 Å². The maximum atomic E-state index is 12.2. The molecule has 1 aliphatic carbocycles. The highest BCUT2D eigenvalue weighted by atomic mass is 32.1. The van der Waals surface area contributed by atoms with Gasteiger partial charge in [0.05, 0.1) is 21.3 Å². The Kier molecular flexibility index (Phi) is 4.06. The number of hydrogen-bond acceptors (Lipinski definition) is 4. The summed E-state index contributed by atoms with van der Waals surface area (Å²) in [5.41, 5.74) is 2.54. The molecule has 2 heterocycles. The average molecular weight is 340 g/mol. The molecular formula is C18H20N4OS. The molecule has 0 spiro atoms. The van der Waals surface area contributed by atoms with Crippen molar-refractivity contribution in [1.29, 1.82) is 0 Å². The van der Waals surface area contributed by atoms with Crippen molar-refractivity contribution in [3.05, 3.63) is 34.5 Å². The molecule has 0 radical (unpaired) electrons. The summed E-state index contributed by atoms with van der Waals surface area (Å²) in [6, 6.07) is 6.38. The molecule has 2 fully saturated rings. The zero-order valence-corrected chi connectivity index (χ0v) is 14.4. The third-order valence-corrected chi connectivity index (χ3v) is 5.38. The number of nitrogens with one attached hydrogen (secondary N) is 2. The summed E-state index contributed by atoms with van der Waals surface area (Å²) in [4.78, 5) is 21.3. The summed E-state index contributed by atoms with van der Waals surface area (Å²) in [5.74, 6) is 0.470. The SMILES string of the molecule is Cc1nc2ccc(/C=C3\NC(=NC4CCCCC4)NC3=O)cc2s1. The van der Waals surface area contributed by atoms with Gasteiger partial charge in [-0.2, -0.15) is 0 Å². The Hall–Kier alpha value is -2.21. The summed E-state index contributed by atoms with van der Waals surface area (Å²) in [6.45, 7) is 2.00. The summed E-state index contributed by atoms with van der Waals surface area (Å²) in [7, 11) is 0. The molecule has 0 atom stereocenters. The molecular weight excluding hydrogens is 320 g/mol. The zero-order chi connectivity index (χ0) is 16.5. The van der Waals surface area contributed by atoms with Crippen LogP contribution in [-0.4, -0.2) is 22.9 Å². The fourth-order valence-electron chi connectivity index (χ4n) is 3.26. The molecule has 24 heavy (non-hydrogen) atoms. The minimum absolute atomic E-state index is 0.120. The first-order chi connectivity index (χ1) is 11.7. The number of nitrogens with zero attached hydrogens (tertiary/aromatic N) is 2. The van der Waals surface area contributed by atoms with Gasteiger partial charge in [-0.05, 0) is 43.5 Å². The molecule has 1 saturated carbocycles. The summed E-state index contributed by atoms with van der Waals surface area (Å²) >= 11 is 1.66. The van der Waals surface area contributed by atoms with Gasteiger partial charge in [0.25, 0.3) is 5.91 Å². The van der Waals surface area contributed by atoms with Gasteiger partial charge in [-0.3, -0.25) is 10.1 Å². The summed E-state index contributed by atoms with van der Waals surface area (Å²) < 4.78 is 1.14. The Bertz CT molecular complexity index is 846. The Morgan fingerprint density at radius 2 is 2.08 bits per heavy atom. The van der Waals surface area contributed by atoms with Crippen molar-refractivity contribution in [1.82, 2.24) is 15.6 Å². The second-order valence-corrected chi connectivity index (χ2v) is 7.60. The van der Waals surface area contributed by atoms with E-state index in [0.29, 0.717) is 17.7 Å². The molecule has 4 rings (SSSR count). The molecule has 124 valence electrons. The third kappa shape index (κ3) is 3.19. The number of aromatic nitrogens is 1. The normalized spacial score (nSPS) is 22.3. The predicted molar refractivity (Wildman–Crippen MR) is 97.9 cm³/mol. The molecule has 0 unspecified atom stereocenters. The van der Waals surface area contributed by atoms with Crippen molar-refractivity contribution in [2.75, 3.05) is 0 Å². The van der Waals surface area contributed by atoms with Crippen LogP contribution in [0.15, 0.2) is 28.9 Å². The molecule has 1 aliphatic heterocycles. The first-order valence-corrected chi connectivity index (χ1v) is 9.24. The lowest BCUT2D eigenvalue weighted by Gasteiger charge is -2.17. The van der Waals surface area contributed by atoms with E-state index in [1.807, 2.05) is 25.1 Å². The van der Waals surface area contributed by atoms with E-state index in [0.717, 1.165) is 33.6 Å². The van der Waals surface area contributed by atoms with Crippen LogP contribution in [0.1, 0.15) is 42.7 Å². The van der Waals surface area contributed by atoms with Crippen molar-refractivity contribution >= 4 is 39.5 Å². The summed E-state index contributed by atoms with van der Waals surface area (Å²) in [5, 5.41) is 7.01. The number of aryl methyl sites for hydroxylation is 1. The van der Waals surface area contributed by atoms with Gasteiger partial charge in [0, 0.05) is 0 Å². The molecule has 2 aromatic rings. The highest BCUT2D eigenvalue weighted by molar-refractivity contribution is 7.18. The minimum atomic E-state index is -0.120. The van der Waals surface area contributed by atoms with Crippen LogP contribution in [-0.2, 0) is 4.79 Å². The van der Waals surface area contributed by atoms with Gasteiger partial charge < -0.3 is 5.32 Å². The lowest BCUT2D eigenvalue weighted by atomic mass is 9.96. The maximum absolute atomic E-state index is 12.2. The van der Waals surface area contributed by atoms with Crippen molar-refractivity contribution < 1.29 is 4.79 Å². The lowest BCUT2D eigenvalue weighted by molar-refractivity contribution is -0.115. The fraction of sp³-hybridized carbons (Fsp3) is 0.389. The molecule has 1 aromatic heterocycles. The standard InChI is InChI=1S/C18H20N4OS/c1-11-19-14-8-7-12(10-16(14)24-11)9-15-17(23)22-18(21-15)20-13-5-3-2-4-6-13/h7-10,13H,2-6H2,1H3,(H2,20,21,22,23)/b15-9-. The number of rotatable bonds is 2. The largest absolute Gasteiger partial charge is 0.321 e. The van der Waals surface area contributed by atoms with Crippen molar-refractivity contribution in [3.63, 3.8) is 0 Å². The predicted octanol–water partition coefficient (Wildman–Crippen LogP) is 3.35. The van der Waals surface area contributed by atoms with Gasteiger partial charge in [-0.1, -0.05) is 25.3 Å². The van der Waals surface area contributed by atoms with Crippen LogP contribution in [0.25, 0.3) is 16.3 Å².